The van der Waals surface area contributed by atoms with Crippen molar-refractivity contribution in [3.63, 3.8) is 0 Å². The zero-order chi connectivity index (χ0) is 15.7. The van der Waals surface area contributed by atoms with Gasteiger partial charge in [-0.1, -0.05) is 11.6 Å². The van der Waals surface area contributed by atoms with Crippen molar-refractivity contribution in [3.8, 4) is 11.4 Å². The van der Waals surface area contributed by atoms with Crippen LogP contribution in [0.1, 0.15) is 0 Å². The lowest BCUT2D eigenvalue weighted by Crippen LogP contribution is -2.37. The molecule has 0 atom stereocenters. The normalized spacial score (nSPS) is 10.8. The number of fused-ring (bicyclic) bond motifs is 1. The summed E-state index contributed by atoms with van der Waals surface area (Å²) in [7, 11) is 0. The number of benzene rings is 2. The molecule has 7 nitrogen and oxygen atoms in total. The first-order chi connectivity index (χ1) is 10.5. The quantitative estimate of drug-likeness (QED) is 0.584. The Labute approximate surface area is 129 Å². The van der Waals surface area contributed by atoms with Gasteiger partial charge in [-0.3, -0.25) is 0 Å². The van der Waals surface area contributed by atoms with Crippen molar-refractivity contribution >= 4 is 28.6 Å². The second kappa shape index (κ2) is 5.53. The zero-order valence-electron chi connectivity index (χ0n) is 11.1. The van der Waals surface area contributed by atoms with Crippen LogP contribution in [0.25, 0.3) is 16.7 Å². The van der Waals surface area contributed by atoms with Crippen molar-refractivity contribution in [1.82, 2.24) is 9.90 Å². The van der Waals surface area contributed by atoms with E-state index in [0.717, 1.165) is 0 Å². The van der Waals surface area contributed by atoms with Gasteiger partial charge in [-0.05, 0) is 41.2 Å². The molecule has 0 aliphatic heterocycles. The summed E-state index contributed by atoms with van der Waals surface area (Å²) >= 11 is 5.87. The monoisotopic (exact) mass is 319 g/mol. The molecule has 22 heavy (non-hydrogen) atoms. The van der Waals surface area contributed by atoms with Gasteiger partial charge in [0.1, 0.15) is 11.4 Å². The van der Waals surface area contributed by atoms with Gasteiger partial charge < -0.3 is 15.1 Å². The van der Waals surface area contributed by atoms with E-state index in [1.165, 1.54) is 10.9 Å². The number of halogens is 1. The smallest absolute Gasteiger partial charge is 0.341 e. The molecule has 112 valence electrons. The molecule has 0 saturated carbocycles. The van der Waals surface area contributed by atoms with E-state index in [1.807, 2.05) is 0 Å². The summed E-state index contributed by atoms with van der Waals surface area (Å²) in [5, 5.41) is 25.4. The number of aromatic nitrogens is 3. The molecule has 1 N–H and O–H groups in total. The molecule has 0 bridgehead atoms. The summed E-state index contributed by atoms with van der Waals surface area (Å²) in [6, 6.07) is 11.2. The van der Waals surface area contributed by atoms with E-state index in [1.54, 1.807) is 36.4 Å². The summed E-state index contributed by atoms with van der Waals surface area (Å²) in [5.74, 6) is -0.667. The van der Waals surface area contributed by atoms with E-state index in [0.29, 0.717) is 32.3 Å². The Kier molecular flexibility index (Phi) is 3.56. The number of ether oxygens (including phenoxy) is 1. The van der Waals surface area contributed by atoms with Crippen molar-refractivity contribution in [1.29, 1.82) is 0 Å². The summed E-state index contributed by atoms with van der Waals surface area (Å²) in [6.07, 6.45) is 0. The minimum absolute atomic E-state index is 0.360. The Morgan fingerprint density at radius 2 is 2.05 bits per heavy atom. The van der Waals surface area contributed by atoms with Gasteiger partial charge in [0.25, 0.3) is 0 Å². The van der Waals surface area contributed by atoms with Crippen molar-refractivity contribution in [2.45, 2.75) is 0 Å². The van der Waals surface area contributed by atoms with E-state index >= 15 is 0 Å². The lowest BCUT2D eigenvalue weighted by molar-refractivity contribution is -0.664. The molecule has 0 amide bonds. The predicted octanol–water partition coefficient (Wildman–Crippen LogP) is 1.78. The standard InChI is InChI=1S/C14H10ClN3O4/c15-9-1-6-12-13(7-9)18(21)17(16-12)10-2-4-11(5-3-10)22-8-14(19)20/h1-7H,8H2,(H,19,20). The average molecular weight is 320 g/mol. The van der Waals surface area contributed by atoms with E-state index in [-0.39, 0.29) is 0 Å². The summed E-state index contributed by atoms with van der Waals surface area (Å²) in [6.45, 7) is -0.426. The topological polar surface area (TPSA) is 91.3 Å². The number of carboxylic acid groups (broad SMARTS) is 1. The molecule has 2 aromatic carbocycles. The Hall–Kier alpha value is -2.80. The summed E-state index contributed by atoms with van der Waals surface area (Å²) in [5.41, 5.74) is 1.40. The van der Waals surface area contributed by atoms with Crippen LogP contribution in [0.5, 0.6) is 5.75 Å². The number of hydrogen-bond acceptors (Lipinski definition) is 4. The highest BCUT2D eigenvalue weighted by atomic mass is 35.5. The van der Waals surface area contributed by atoms with Crippen LogP contribution in [-0.2, 0) is 4.79 Å². The molecule has 0 unspecified atom stereocenters. The highest BCUT2D eigenvalue weighted by molar-refractivity contribution is 6.31. The van der Waals surface area contributed by atoms with E-state index in [2.05, 4.69) is 5.10 Å². The van der Waals surface area contributed by atoms with Crippen LogP contribution >= 0.6 is 11.6 Å². The molecule has 0 radical (unpaired) electrons. The molecule has 0 aliphatic carbocycles. The van der Waals surface area contributed by atoms with Gasteiger partial charge in [0.2, 0.25) is 11.0 Å². The fraction of sp³-hybridized carbons (Fsp3) is 0.0714. The molecule has 0 saturated heterocycles. The van der Waals surface area contributed by atoms with Crippen molar-refractivity contribution in [3.05, 3.63) is 52.7 Å². The average Bonchev–Trinajstić information content (AvgIpc) is 2.83. The lowest BCUT2D eigenvalue weighted by atomic mass is 10.3. The third-order valence-electron chi connectivity index (χ3n) is 2.95. The van der Waals surface area contributed by atoms with Crippen LogP contribution < -0.4 is 9.58 Å². The molecule has 3 aromatic rings. The van der Waals surface area contributed by atoms with Crippen LogP contribution in [0.4, 0.5) is 0 Å². The van der Waals surface area contributed by atoms with E-state index < -0.39 is 12.6 Å². The maximum atomic E-state index is 12.2. The van der Waals surface area contributed by atoms with Gasteiger partial charge in [-0.2, -0.15) is 0 Å². The molecule has 0 aliphatic rings. The van der Waals surface area contributed by atoms with Crippen LogP contribution in [0.2, 0.25) is 5.02 Å². The number of aliphatic carboxylic acids is 1. The predicted molar refractivity (Wildman–Crippen MR) is 78.2 cm³/mol. The fourth-order valence-electron chi connectivity index (χ4n) is 1.96. The summed E-state index contributed by atoms with van der Waals surface area (Å²) in [4.78, 5) is 12.3. The molecule has 1 aromatic heterocycles. The first-order valence-corrected chi connectivity index (χ1v) is 6.65. The number of hydrogen-bond donors (Lipinski definition) is 1. The third-order valence-corrected chi connectivity index (χ3v) is 3.18. The van der Waals surface area contributed by atoms with Crippen LogP contribution in [0.3, 0.4) is 0 Å². The largest absolute Gasteiger partial charge is 0.692 e. The Bertz CT molecular complexity index is 845. The van der Waals surface area contributed by atoms with Gasteiger partial charge in [-0.15, -0.1) is 4.85 Å². The fourth-order valence-corrected chi connectivity index (χ4v) is 2.13. The number of carboxylic acids is 1. The highest BCUT2D eigenvalue weighted by Gasteiger charge is 2.16. The second-order valence-electron chi connectivity index (χ2n) is 4.47. The second-order valence-corrected chi connectivity index (χ2v) is 4.91. The molecular formula is C14H10ClN3O4. The molecular weight excluding hydrogens is 310 g/mol. The maximum absolute atomic E-state index is 12.2. The minimum Gasteiger partial charge on any atom is -0.692 e. The lowest BCUT2D eigenvalue weighted by Gasteiger charge is -2.06. The van der Waals surface area contributed by atoms with E-state index in [9.17, 15) is 10.0 Å². The van der Waals surface area contributed by atoms with Crippen molar-refractivity contribution in [2.24, 2.45) is 0 Å². The Morgan fingerprint density at radius 3 is 2.73 bits per heavy atom. The van der Waals surface area contributed by atoms with Gasteiger partial charge in [0, 0.05) is 11.1 Å². The summed E-state index contributed by atoms with van der Waals surface area (Å²) < 4.78 is 5.03. The number of nitrogens with zero attached hydrogens (tertiary/aromatic N) is 3. The third kappa shape index (κ3) is 2.66. The van der Waals surface area contributed by atoms with Crippen molar-refractivity contribution in [2.75, 3.05) is 6.61 Å². The Balaban J connectivity index is 1.94. The SMILES string of the molecule is O=C(O)COc1ccc(-n2nc3ccc(Cl)cc3[n+]2[O-])cc1. The van der Waals surface area contributed by atoms with Crippen LogP contribution in [0.15, 0.2) is 42.5 Å². The first kappa shape index (κ1) is 14.2. The van der Waals surface area contributed by atoms with Crippen LogP contribution in [-0.4, -0.2) is 27.6 Å². The maximum Gasteiger partial charge on any atom is 0.341 e. The van der Waals surface area contributed by atoms with E-state index in [4.69, 9.17) is 21.4 Å². The Morgan fingerprint density at radius 1 is 1.32 bits per heavy atom. The molecule has 1 heterocycles. The van der Waals surface area contributed by atoms with Gasteiger partial charge in [0.15, 0.2) is 6.61 Å². The molecule has 3 rings (SSSR count). The first-order valence-electron chi connectivity index (χ1n) is 6.28. The van der Waals surface area contributed by atoms with Crippen LogP contribution in [0, 0.1) is 5.21 Å². The number of carbonyl (C=O) groups is 1. The van der Waals surface area contributed by atoms with Gasteiger partial charge in [0.05, 0.1) is 5.10 Å². The van der Waals surface area contributed by atoms with Gasteiger partial charge in [-0.25, -0.2) is 4.79 Å². The zero-order valence-corrected chi connectivity index (χ0v) is 11.9. The minimum atomic E-state index is -1.06. The molecule has 8 heteroatoms. The molecule has 0 fully saturated rings. The van der Waals surface area contributed by atoms with Gasteiger partial charge >= 0.3 is 5.97 Å². The van der Waals surface area contributed by atoms with Crippen molar-refractivity contribution < 1.29 is 19.5 Å². The molecule has 0 spiro atoms. The number of rotatable bonds is 4. The highest BCUT2D eigenvalue weighted by Crippen LogP contribution is 2.18.